The highest BCUT2D eigenvalue weighted by atomic mass is 127. The van der Waals surface area contributed by atoms with E-state index in [1.165, 1.54) is 32.1 Å². The summed E-state index contributed by atoms with van der Waals surface area (Å²) < 4.78 is 5.26. The van der Waals surface area contributed by atoms with Gasteiger partial charge in [0.2, 0.25) is 3.79 Å². The Kier molecular flexibility index (Phi) is 12.7. The van der Waals surface area contributed by atoms with E-state index in [1.807, 2.05) is 7.05 Å². The number of unbranched alkanes of at least 4 members (excludes halogenated alkanes) is 5. The zero-order chi connectivity index (χ0) is 11.4. The number of nitrogens with one attached hydrogen (secondary N) is 1. The van der Waals surface area contributed by atoms with E-state index in [9.17, 15) is 4.79 Å². The minimum Gasteiger partial charge on any atom is -0.373 e. The average molecular weight is 327 g/mol. The Morgan fingerprint density at radius 2 is 1.73 bits per heavy atom. The molecule has 0 heterocycles. The molecule has 0 aliphatic carbocycles. The minimum atomic E-state index is 0.0830. The first-order valence-corrected chi connectivity index (χ1v) is 6.76. The van der Waals surface area contributed by atoms with Crippen LogP contribution in [0.4, 0.5) is 0 Å². The summed E-state index contributed by atoms with van der Waals surface area (Å²) in [6.45, 7) is 2.12. The van der Waals surface area contributed by atoms with Gasteiger partial charge in [0.1, 0.15) is 6.61 Å². The zero-order valence-electron chi connectivity index (χ0n) is 9.56. The van der Waals surface area contributed by atoms with Crippen LogP contribution in [0.15, 0.2) is 0 Å². The van der Waals surface area contributed by atoms with Crippen molar-refractivity contribution in [3.63, 3.8) is 0 Å². The van der Waals surface area contributed by atoms with E-state index >= 15 is 0 Å². The van der Waals surface area contributed by atoms with Gasteiger partial charge in [0, 0.05) is 29.2 Å². The number of hydrogen-bond donors (Lipinski definition) is 1. The van der Waals surface area contributed by atoms with E-state index in [1.54, 1.807) is 22.6 Å². The lowest BCUT2D eigenvalue weighted by Crippen LogP contribution is -2.06. The average Bonchev–Trinajstić information content (AvgIpc) is 2.20. The molecule has 1 N–H and O–H groups in total. The van der Waals surface area contributed by atoms with Gasteiger partial charge in [0.25, 0.3) is 0 Å². The molecule has 0 amide bonds. The van der Waals surface area contributed by atoms with E-state index in [4.69, 9.17) is 4.74 Å². The molecule has 4 heteroatoms. The van der Waals surface area contributed by atoms with Gasteiger partial charge in [0.15, 0.2) is 0 Å². The van der Waals surface area contributed by atoms with Crippen LogP contribution in [-0.2, 0) is 9.53 Å². The number of carbonyl (C=O) groups is 1. The van der Waals surface area contributed by atoms with E-state index in [-0.39, 0.29) is 10.4 Å². The normalized spacial score (nSPS) is 10.5. The van der Waals surface area contributed by atoms with Gasteiger partial charge in [0.05, 0.1) is 0 Å². The monoisotopic (exact) mass is 327 g/mol. The Bertz CT molecular complexity index is 154. The van der Waals surface area contributed by atoms with Crippen LogP contribution in [-0.4, -0.2) is 30.6 Å². The van der Waals surface area contributed by atoms with Crippen molar-refractivity contribution in [2.24, 2.45) is 0 Å². The van der Waals surface area contributed by atoms with Crippen LogP contribution < -0.4 is 5.32 Å². The Hall–Kier alpha value is 0.320. The van der Waals surface area contributed by atoms with Crippen LogP contribution in [0.3, 0.4) is 0 Å². The third kappa shape index (κ3) is 14.3. The van der Waals surface area contributed by atoms with E-state index in [0.717, 1.165) is 19.6 Å². The number of rotatable bonds is 11. The molecule has 0 spiro atoms. The Morgan fingerprint density at radius 3 is 2.33 bits per heavy atom. The molecule has 0 aromatic carbocycles. The molecule has 90 valence electrons. The maximum atomic E-state index is 10.5. The van der Waals surface area contributed by atoms with E-state index in [0.29, 0.717) is 0 Å². The summed E-state index contributed by atoms with van der Waals surface area (Å²) in [6.07, 6.45) is 7.48. The first kappa shape index (κ1) is 15.3. The molecule has 0 radical (unpaired) electrons. The predicted molar refractivity (Wildman–Crippen MR) is 71.5 cm³/mol. The van der Waals surface area contributed by atoms with Crippen molar-refractivity contribution in [2.45, 2.75) is 38.5 Å². The van der Waals surface area contributed by atoms with Crippen LogP contribution in [0.5, 0.6) is 0 Å². The molecule has 0 aromatic rings. The highest BCUT2D eigenvalue weighted by molar-refractivity contribution is 14.1. The smallest absolute Gasteiger partial charge is 0.217 e. The van der Waals surface area contributed by atoms with Gasteiger partial charge in [-0.15, -0.1) is 0 Å². The molecule has 0 rings (SSSR count). The second-order valence-electron chi connectivity index (χ2n) is 3.63. The number of hydrogen-bond acceptors (Lipinski definition) is 3. The molecule has 0 aliphatic heterocycles. The lowest BCUT2D eigenvalue weighted by molar-refractivity contribution is -0.113. The number of halogens is 1. The second kappa shape index (κ2) is 12.4. The topological polar surface area (TPSA) is 38.3 Å². The minimum absolute atomic E-state index is 0.0830. The van der Waals surface area contributed by atoms with Crippen LogP contribution in [0.1, 0.15) is 38.5 Å². The predicted octanol–water partition coefficient (Wildman–Crippen LogP) is 2.52. The van der Waals surface area contributed by atoms with Crippen molar-refractivity contribution < 1.29 is 9.53 Å². The van der Waals surface area contributed by atoms with Gasteiger partial charge >= 0.3 is 0 Å². The maximum Gasteiger partial charge on any atom is 0.217 e. The van der Waals surface area contributed by atoms with E-state index < -0.39 is 0 Å². The fourth-order valence-corrected chi connectivity index (χ4v) is 1.59. The van der Waals surface area contributed by atoms with Gasteiger partial charge in [-0.2, -0.15) is 0 Å². The van der Waals surface area contributed by atoms with E-state index in [2.05, 4.69) is 5.32 Å². The second-order valence-corrected chi connectivity index (χ2v) is 4.84. The van der Waals surface area contributed by atoms with Crippen molar-refractivity contribution >= 4 is 26.4 Å². The summed E-state index contributed by atoms with van der Waals surface area (Å²) in [5.74, 6) is 0. The van der Waals surface area contributed by atoms with Crippen molar-refractivity contribution in [2.75, 3.05) is 26.8 Å². The third-order valence-corrected chi connectivity index (χ3v) is 2.49. The lowest BCUT2D eigenvalue weighted by Gasteiger charge is -2.02. The molecule has 0 unspecified atom stereocenters. The highest BCUT2D eigenvalue weighted by Crippen LogP contribution is 2.05. The van der Waals surface area contributed by atoms with Gasteiger partial charge < -0.3 is 10.1 Å². The summed E-state index contributed by atoms with van der Waals surface area (Å²) in [5.41, 5.74) is 0. The fraction of sp³-hybridized carbons (Fsp3) is 0.909. The summed E-state index contributed by atoms with van der Waals surface area (Å²) in [6, 6.07) is 0. The molecule has 3 nitrogen and oxygen atoms in total. The fourth-order valence-electron chi connectivity index (χ4n) is 1.37. The molecule has 0 bridgehead atoms. The van der Waals surface area contributed by atoms with Crippen LogP contribution in [0, 0.1) is 0 Å². The van der Waals surface area contributed by atoms with Crippen molar-refractivity contribution in [1.29, 1.82) is 0 Å². The third-order valence-electron chi connectivity index (χ3n) is 2.18. The molecule has 15 heavy (non-hydrogen) atoms. The lowest BCUT2D eigenvalue weighted by atomic mass is 10.1. The van der Waals surface area contributed by atoms with Crippen LogP contribution in [0.2, 0.25) is 0 Å². The quantitative estimate of drug-likeness (QED) is 0.360. The Labute approximate surface area is 106 Å². The number of ether oxygens (including phenoxy) is 1. The maximum absolute atomic E-state index is 10.5. The molecule has 0 aliphatic rings. The van der Waals surface area contributed by atoms with Gasteiger partial charge in [-0.25, -0.2) is 0 Å². The highest BCUT2D eigenvalue weighted by Gasteiger charge is 1.95. The van der Waals surface area contributed by atoms with Gasteiger partial charge in [-0.05, 0) is 26.4 Å². The van der Waals surface area contributed by atoms with Crippen LogP contribution in [0.25, 0.3) is 0 Å². The Morgan fingerprint density at radius 1 is 1.13 bits per heavy atom. The molecule has 0 aromatic heterocycles. The van der Waals surface area contributed by atoms with Crippen molar-refractivity contribution in [3.05, 3.63) is 0 Å². The molecule has 0 saturated carbocycles. The summed E-state index contributed by atoms with van der Waals surface area (Å²) >= 11 is 1.76. The zero-order valence-corrected chi connectivity index (χ0v) is 11.7. The van der Waals surface area contributed by atoms with Crippen LogP contribution >= 0.6 is 22.6 Å². The first-order chi connectivity index (χ1) is 7.27. The summed E-state index contributed by atoms with van der Waals surface area (Å²) in [4.78, 5) is 10.5. The molecular weight excluding hydrogens is 305 g/mol. The first-order valence-electron chi connectivity index (χ1n) is 5.68. The Balaban J connectivity index is 2.89. The van der Waals surface area contributed by atoms with Gasteiger partial charge in [-0.3, -0.25) is 4.79 Å². The molecular formula is C11H22INO2. The summed E-state index contributed by atoms with van der Waals surface area (Å²) in [5, 5.41) is 3.14. The molecule has 0 atom stereocenters. The van der Waals surface area contributed by atoms with Crippen molar-refractivity contribution in [1.82, 2.24) is 5.32 Å². The van der Waals surface area contributed by atoms with Gasteiger partial charge in [-0.1, -0.05) is 25.7 Å². The largest absolute Gasteiger partial charge is 0.373 e. The van der Waals surface area contributed by atoms with Crippen molar-refractivity contribution in [3.8, 4) is 0 Å². The summed E-state index contributed by atoms with van der Waals surface area (Å²) in [7, 11) is 1.99. The molecule has 0 saturated heterocycles. The molecule has 0 fully saturated rings. The number of carbonyl (C=O) groups excluding carboxylic acids is 1. The standard InChI is InChI=1S/C11H22INO2/c1-13-8-6-4-2-3-5-7-9-15-10-11(12)14/h13H,2-10H2,1H3. The SMILES string of the molecule is CNCCCCCCCCOCC(=O)I.